The second-order valence-corrected chi connectivity index (χ2v) is 6.06. The van der Waals surface area contributed by atoms with Crippen LogP contribution in [-0.4, -0.2) is 22.4 Å². The van der Waals surface area contributed by atoms with Crippen molar-refractivity contribution in [2.24, 2.45) is 0 Å². The third-order valence-electron chi connectivity index (χ3n) is 4.42. The van der Waals surface area contributed by atoms with Crippen molar-refractivity contribution >= 4 is 22.6 Å². The maximum atomic E-state index is 13.2. The molecule has 1 saturated heterocycles. The Morgan fingerprint density at radius 3 is 2.56 bits per heavy atom. The first-order valence-electron chi connectivity index (χ1n) is 7.85. The monoisotopic (exact) mass is 345 g/mol. The van der Waals surface area contributed by atoms with Crippen molar-refractivity contribution in [2.75, 3.05) is 11.4 Å². The highest BCUT2D eigenvalue weighted by Gasteiger charge is 2.39. The lowest BCUT2D eigenvalue weighted by atomic mass is 10.1. The number of anilines is 1. The second kappa shape index (κ2) is 5.61. The van der Waals surface area contributed by atoms with Crippen LogP contribution in [0.5, 0.6) is 0 Å². The lowest BCUT2D eigenvalue weighted by Crippen LogP contribution is -2.27. The summed E-state index contributed by atoms with van der Waals surface area (Å²) in [6, 6.07) is 12.6. The van der Waals surface area contributed by atoms with Gasteiger partial charge in [0.1, 0.15) is 5.82 Å². The van der Waals surface area contributed by atoms with E-state index < -0.39 is 11.7 Å². The van der Waals surface area contributed by atoms with Gasteiger partial charge < -0.3 is 9.88 Å². The fraction of sp³-hybridized carbons (Fsp3) is 0.222. The molecule has 1 fully saturated rings. The molecule has 7 heteroatoms. The van der Waals surface area contributed by atoms with Crippen molar-refractivity contribution in [3.05, 3.63) is 59.9 Å². The standard InChI is InChI=1S/C18H14F3N3O/c19-18(20,21)12-5-1-4-8-15(12)24-10-11(9-16(24)25)17-22-13-6-2-3-7-14(13)23-17/h1-8,11H,9-10H2,(H,22,23). The minimum absolute atomic E-state index is 0.0985. The molecule has 0 saturated carbocycles. The molecule has 4 rings (SSSR count). The van der Waals surface area contributed by atoms with Gasteiger partial charge in [-0.3, -0.25) is 4.79 Å². The Bertz CT molecular complexity index is 915. The predicted molar refractivity (Wildman–Crippen MR) is 87.2 cm³/mol. The van der Waals surface area contributed by atoms with Crippen molar-refractivity contribution in [2.45, 2.75) is 18.5 Å². The number of rotatable bonds is 2. The number of carbonyl (C=O) groups is 1. The largest absolute Gasteiger partial charge is 0.418 e. The molecule has 4 nitrogen and oxygen atoms in total. The predicted octanol–water partition coefficient (Wildman–Crippen LogP) is 4.10. The normalized spacial score (nSPS) is 18.3. The summed E-state index contributed by atoms with van der Waals surface area (Å²) in [5.41, 5.74) is 0.727. The topological polar surface area (TPSA) is 49.0 Å². The van der Waals surface area contributed by atoms with Gasteiger partial charge in [-0.2, -0.15) is 13.2 Å². The molecule has 0 spiro atoms. The van der Waals surface area contributed by atoms with E-state index in [2.05, 4.69) is 9.97 Å². The van der Waals surface area contributed by atoms with E-state index in [-0.39, 0.29) is 30.5 Å². The Labute approximate surface area is 141 Å². The van der Waals surface area contributed by atoms with Crippen LogP contribution in [0.2, 0.25) is 0 Å². The smallest absolute Gasteiger partial charge is 0.342 e. The molecular formula is C18H14F3N3O. The minimum atomic E-state index is -4.51. The summed E-state index contributed by atoms with van der Waals surface area (Å²) in [6.07, 6.45) is -4.37. The molecule has 0 aliphatic carbocycles. The van der Waals surface area contributed by atoms with Crippen LogP contribution in [0.3, 0.4) is 0 Å². The van der Waals surface area contributed by atoms with Gasteiger partial charge >= 0.3 is 6.18 Å². The molecule has 0 bridgehead atoms. The molecule has 0 radical (unpaired) electrons. The van der Waals surface area contributed by atoms with Gasteiger partial charge in [0.25, 0.3) is 0 Å². The summed E-state index contributed by atoms with van der Waals surface area (Å²) in [6.45, 7) is 0.172. The zero-order chi connectivity index (χ0) is 17.6. The molecule has 3 aromatic rings. The average molecular weight is 345 g/mol. The highest BCUT2D eigenvalue weighted by Crippen LogP contribution is 2.39. The molecule has 128 valence electrons. The minimum Gasteiger partial charge on any atom is -0.342 e. The van der Waals surface area contributed by atoms with E-state index in [4.69, 9.17) is 0 Å². The Hall–Kier alpha value is -2.83. The number of nitrogens with zero attached hydrogens (tertiary/aromatic N) is 2. The van der Waals surface area contributed by atoms with Crippen molar-refractivity contribution in [1.29, 1.82) is 0 Å². The zero-order valence-electron chi connectivity index (χ0n) is 13.0. The summed E-state index contributed by atoms with van der Waals surface area (Å²) >= 11 is 0. The summed E-state index contributed by atoms with van der Waals surface area (Å²) in [4.78, 5) is 21.2. The maximum Gasteiger partial charge on any atom is 0.418 e. The van der Waals surface area contributed by atoms with Gasteiger partial charge in [0.05, 0.1) is 22.3 Å². The number of carbonyl (C=O) groups excluding carboxylic acids is 1. The lowest BCUT2D eigenvalue weighted by molar-refractivity contribution is -0.137. The van der Waals surface area contributed by atoms with Gasteiger partial charge in [-0.15, -0.1) is 0 Å². The number of amides is 1. The quantitative estimate of drug-likeness (QED) is 0.760. The summed E-state index contributed by atoms with van der Waals surface area (Å²) in [5.74, 6) is 0.0323. The fourth-order valence-electron chi connectivity index (χ4n) is 3.24. The number of aromatic nitrogens is 2. The summed E-state index contributed by atoms with van der Waals surface area (Å²) in [7, 11) is 0. The number of halogens is 3. The van der Waals surface area contributed by atoms with Crippen molar-refractivity contribution in [3.63, 3.8) is 0 Å². The molecular weight excluding hydrogens is 331 g/mol. The SMILES string of the molecule is O=C1CC(c2nc3ccccc3[nH]2)CN1c1ccccc1C(F)(F)F. The van der Waals surface area contributed by atoms with E-state index in [1.807, 2.05) is 24.3 Å². The number of benzene rings is 2. The molecule has 1 aliphatic heterocycles. The van der Waals surface area contributed by atoms with Crippen LogP contribution in [0.25, 0.3) is 11.0 Å². The lowest BCUT2D eigenvalue weighted by Gasteiger charge is -2.21. The number of alkyl halides is 3. The number of hydrogen-bond acceptors (Lipinski definition) is 2. The van der Waals surface area contributed by atoms with E-state index in [0.717, 1.165) is 17.1 Å². The molecule has 2 heterocycles. The van der Waals surface area contributed by atoms with Crippen LogP contribution in [0, 0.1) is 0 Å². The van der Waals surface area contributed by atoms with E-state index in [1.54, 1.807) is 0 Å². The van der Waals surface area contributed by atoms with E-state index >= 15 is 0 Å². The molecule has 1 atom stereocenters. The summed E-state index contributed by atoms with van der Waals surface area (Å²) in [5, 5.41) is 0. The first-order valence-corrected chi connectivity index (χ1v) is 7.85. The Morgan fingerprint density at radius 2 is 1.80 bits per heavy atom. The molecule has 1 aliphatic rings. The van der Waals surface area contributed by atoms with Crippen LogP contribution in [-0.2, 0) is 11.0 Å². The zero-order valence-corrected chi connectivity index (χ0v) is 13.0. The van der Waals surface area contributed by atoms with Crippen LogP contribution in [0.1, 0.15) is 23.7 Å². The molecule has 25 heavy (non-hydrogen) atoms. The van der Waals surface area contributed by atoms with Gasteiger partial charge in [0.2, 0.25) is 5.91 Å². The molecule has 1 N–H and O–H groups in total. The number of hydrogen-bond donors (Lipinski definition) is 1. The number of para-hydroxylation sites is 3. The maximum absolute atomic E-state index is 13.2. The molecule has 1 amide bonds. The van der Waals surface area contributed by atoms with Crippen LogP contribution in [0.4, 0.5) is 18.9 Å². The van der Waals surface area contributed by atoms with Gasteiger partial charge in [-0.05, 0) is 24.3 Å². The fourth-order valence-corrected chi connectivity index (χ4v) is 3.24. The first kappa shape index (κ1) is 15.7. The molecule has 1 aromatic heterocycles. The van der Waals surface area contributed by atoms with Crippen LogP contribution < -0.4 is 4.90 Å². The van der Waals surface area contributed by atoms with Crippen LogP contribution >= 0.6 is 0 Å². The van der Waals surface area contributed by atoms with E-state index in [0.29, 0.717) is 5.82 Å². The molecule has 1 unspecified atom stereocenters. The Morgan fingerprint density at radius 1 is 1.08 bits per heavy atom. The number of aromatic amines is 1. The van der Waals surface area contributed by atoms with Gasteiger partial charge in [-0.25, -0.2) is 4.98 Å². The Balaban J connectivity index is 1.67. The van der Waals surface area contributed by atoms with Crippen molar-refractivity contribution in [1.82, 2.24) is 9.97 Å². The van der Waals surface area contributed by atoms with Gasteiger partial charge in [0.15, 0.2) is 0 Å². The number of H-pyrrole nitrogens is 1. The highest BCUT2D eigenvalue weighted by molar-refractivity contribution is 5.97. The number of fused-ring (bicyclic) bond motifs is 1. The van der Waals surface area contributed by atoms with Crippen LogP contribution in [0.15, 0.2) is 48.5 Å². The third-order valence-corrected chi connectivity index (χ3v) is 4.42. The van der Waals surface area contributed by atoms with E-state index in [9.17, 15) is 18.0 Å². The number of nitrogens with one attached hydrogen (secondary N) is 1. The Kier molecular flexibility index (Phi) is 3.52. The van der Waals surface area contributed by atoms with Crippen molar-refractivity contribution < 1.29 is 18.0 Å². The second-order valence-electron chi connectivity index (χ2n) is 6.06. The van der Waals surface area contributed by atoms with E-state index in [1.165, 1.54) is 23.1 Å². The average Bonchev–Trinajstić information content (AvgIpc) is 3.17. The third kappa shape index (κ3) is 2.75. The van der Waals surface area contributed by atoms with Gasteiger partial charge in [0, 0.05) is 18.9 Å². The summed E-state index contributed by atoms with van der Waals surface area (Å²) < 4.78 is 39.7. The highest BCUT2D eigenvalue weighted by atomic mass is 19.4. The van der Waals surface area contributed by atoms with Gasteiger partial charge in [-0.1, -0.05) is 24.3 Å². The first-order chi connectivity index (χ1) is 11.9. The number of imidazole rings is 1. The van der Waals surface area contributed by atoms with Crippen molar-refractivity contribution in [3.8, 4) is 0 Å². The molecule has 2 aromatic carbocycles.